The lowest BCUT2D eigenvalue weighted by Gasteiger charge is -2.42. The molecular weight excluding hydrogens is 308 g/mol. The van der Waals surface area contributed by atoms with E-state index in [1.165, 1.54) is 0 Å². The van der Waals surface area contributed by atoms with Gasteiger partial charge in [0.25, 0.3) is 5.91 Å². The van der Waals surface area contributed by atoms with Crippen molar-refractivity contribution < 1.29 is 19.1 Å². The molecule has 1 aromatic rings. The Bertz CT molecular complexity index is 680. The van der Waals surface area contributed by atoms with E-state index < -0.39 is 0 Å². The topological polar surface area (TPSA) is 67.9 Å². The molecule has 1 saturated carbocycles. The zero-order chi connectivity index (χ0) is 16.7. The van der Waals surface area contributed by atoms with Gasteiger partial charge in [-0.2, -0.15) is 0 Å². The first-order valence-corrected chi connectivity index (χ1v) is 8.55. The van der Waals surface area contributed by atoms with Crippen molar-refractivity contribution in [3.05, 3.63) is 23.8 Å². The number of carbonyl (C=O) groups excluding carboxylic acids is 2. The molecule has 1 N–H and O–H groups in total. The van der Waals surface area contributed by atoms with Gasteiger partial charge in [0.2, 0.25) is 12.7 Å². The van der Waals surface area contributed by atoms with Crippen LogP contribution in [-0.4, -0.2) is 42.1 Å². The first-order valence-electron chi connectivity index (χ1n) is 8.55. The Balaban J connectivity index is 1.37. The summed E-state index contributed by atoms with van der Waals surface area (Å²) in [4.78, 5) is 26.2. The normalized spacial score (nSPS) is 28.5. The van der Waals surface area contributed by atoms with Crippen LogP contribution in [0.3, 0.4) is 0 Å². The highest BCUT2D eigenvalue weighted by Gasteiger charge is 2.45. The maximum atomic E-state index is 12.5. The van der Waals surface area contributed by atoms with Crippen LogP contribution in [0.5, 0.6) is 11.5 Å². The summed E-state index contributed by atoms with van der Waals surface area (Å²) in [5.41, 5.74) is 0.615. The van der Waals surface area contributed by atoms with Crippen LogP contribution in [0.1, 0.15) is 48.9 Å². The van der Waals surface area contributed by atoms with Crippen molar-refractivity contribution in [2.45, 2.75) is 50.1 Å². The number of fused-ring (bicyclic) bond motifs is 1. The molecule has 4 rings (SSSR count). The van der Waals surface area contributed by atoms with Crippen molar-refractivity contribution in [2.24, 2.45) is 0 Å². The van der Waals surface area contributed by atoms with Gasteiger partial charge in [-0.3, -0.25) is 9.59 Å². The Hall–Kier alpha value is -2.24. The molecule has 6 heteroatoms. The van der Waals surface area contributed by atoms with E-state index in [0.29, 0.717) is 23.5 Å². The lowest BCUT2D eigenvalue weighted by molar-refractivity contribution is -0.130. The average Bonchev–Trinajstić information content (AvgIpc) is 3.17. The van der Waals surface area contributed by atoms with Gasteiger partial charge in [-0.15, -0.1) is 0 Å². The number of carbonyl (C=O) groups is 2. The minimum Gasteiger partial charge on any atom is -0.454 e. The number of likely N-dealkylation sites (tertiary alicyclic amines) is 1. The third-order valence-electron chi connectivity index (χ3n) is 5.78. The second kappa shape index (κ2) is 5.69. The molecule has 24 heavy (non-hydrogen) atoms. The first kappa shape index (κ1) is 15.3. The monoisotopic (exact) mass is 330 g/mol. The van der Waals surface area contributed by atoms with Crippen molar-refractivity contribution in [1.82, 2.24) is 10.2 Å². The maximum absolute atomic E-state index is 12.5. The predicted molar refractivity (Wildman–Crippen MR) is 87.0 cm³/mol. The molecule has 0 aromatic heterocycles. The van der Waals surface area contributed by atoms with Gasteiger partial charge in [0, 0.05) is 30.6 Å². The highest BCUT2D eigenvalue weighted by Crippen LogP contribution is 2.41. The summed E-state index contributed by atoms with van der Waals surface area (Å²) in [6.07, 6.45) is 5.35. The van der Waals surface area contributed by atoms with E-state index in [9.17, 15) is 9.59 Å². The molecule has 0 bridgehead atoms. The number of hydrogen-bond acceptors (Lipinski definition) is 4. The molecular formula is C18H22N2O4. The Morgan fingerprint density at radius 2 is 1.96 bits per heavy atom. The summed E-state index contributed by atoms with van der Waals surface area (Å²) >= 11 is 0. The van der Waals surface area contributed by atoms with E-state index >= 15 is 0 Å². The Morgan fingerprint density at radius 1 is 1.21 bits per heavy atom. The van der Waals surface area contributed by atoms with Crippen molar-refractivity contribution in [1.29, 1.82) is 0 Å². The van der Waals surface area contributed by atoms with E-state index in [-0.39, 0.29) is 30.2 Å². The van der Waals surface area contributed by atoms with E-state index in [2.05, 4.69) is 5.32 Å². The van der Waals surface area contributed by atoms with Crippen LogP contribution >= 0.6 is 0 Å². The minimum absolute atomic E-state index is 0.0249. The molecule has 0 atom stereocenters. The first-order chi connectivity index (χ1) is 11.6. The number of ether oxygens (including phenoxy) is 2. The molecule has 1 saturated heterocycles. The quantitative estimate of drug-likeness (QED) is 0.901. The van der Waals surface area contributed by atoms with Crippen molar-refractivity contribution >= 4 is 11.8 Å². The van der Waals surface area contributed by atoms with Gasteiger partial charge >= 0.3 is 0 Å². The Kier molecular flexibility index (Phi) is 3.62. The van der Waals surface area contributed by atoms with Crippen LogP contribution in [-0.2, 0) is 4.79 Å². The van der Waals surface area contributed by atoms with Gasteiger partial charge in [-0.25, -0.2) is 0 Å². The van der Waals surface area contributed by atoms with Crippen LogP contribution in [0.4, 0.5) is 0 Å². The molecule has 128 valence electrons. The molecule has 6 nitrogen and oxygen atoms in total. The molecule has 2 aliphatic heterocycles. The van der Waals surface area contributed by atoms with Crippen molar-refractivity contribution in [3.8, 4) is 11.5 Å². The SMILES string of the molecule is CN1C(=O)CCC12CCC(NC(=O)c1ccc3c(c1)OCO3)CC2. The third-order valence-corrected chi connectivity index (χ3v) is 5.78. The molecule has 3 aliphatic rings. The standard InChI is InChI=1S/C18H22N2O4/c1-20-16(21)6-9-18(20)7-4-13(5-8-18)19-17(22)12-2-3-14-15(10-12)24-11-23-14/h2-3,10,13H,4-9,11H2,1H3,(H,19,22). The molecule has 0 unspecified atom stereocenters. The summed E-state index contributed by atoms with van der Waals surface area (Å²) < 4.78 is 10.6. The van der Waals surface area contributed by atoms with Crippen LogP contribution in [0, 0.1) is 0 Å². The third kappa shape index (κ3) is 2.50. The number of nitrogens with zero attached hydrogens (tertiary/aromatic N) is 1. The van der Waals surface area contributed by atoms with Crippen LogP contribution in [0.2, 0.25) is 0 Å². The van der Waals surface area contributed by atoms with Gasteiger partial charge < -0.3 is 19.7 Å². The fourth-order valence-corrected chi connectivity index (χ4v) is 4.13. The van der Waals surface area contributed by atoms with E-state index in [1.807, 2.05) is 11.9 Å². The number of amides is 2. The van der Waals surface area contributed by atoms with Crippen LogP contribution in [0.15, 0.2) is 18.2 Å². The molecule has 1 aromatic carbocycles. The highest BCUT2D eigenvalue weighted by molar-refractivity contribution is 5.95. The largest absolute Gasteiger partial charge is 0.454 e. The van der Waals surface area contributed by atoms with E-state index in [0.717, 1.165) is 32.1 Å². The van der Waals surface area contributed by atoms with Gasteiger partial charge in [-0.05, 0) is 50.3 Å². The van der Waals surface area contributed by atoms with Gasteiger partial charge in [0.05, 0.1) is 0 Å². The summed E-state index contributed by atoms with van der Waals surface area (Å²) in [5, 5.41) is 3.12. The van der Waals surface area contributed by atoms with Crippen molar-refractivity contribution in [2.75, 3.05) is 13.8 Å². The number of benzene rings is 1. The van der Waals surface area contributed by atoms with Gasteiger partial charge in [0.1, 0.15) is 0 Å². The highest BCUT2D eigenvalue weighted by atomic mass is 16.7. The summed E-state index contributed by atoms with van der Waals surface area (Å²) in [6.45, 7) is 0.206. The molecule has 1 aliphatic carbocycles. The number of rotatable bonds is 2. The maximum Gasteiger partial charge on any atom is 0.251 e. The lowest BCUT2D eigenvalue weighted by Crippen LogP contribution is -2.49. The second-order valence-electron chi connectivity index (χ2n) is 6.99. The Labute approximate surface area is 141 Å². The zero-order valence-electron chi connectivity index (χ0n) is 13.8. The second-order valence-corrected chi connectivity index (χ2v) is 6.99. The predicted octanol–water partition coefficient (Wildman–Crippen LogP) is 2.08. The molecule has 0 radical (unpaired) electrons. The lowest BCUT2D eigenvalue weighted by atomic mass is 9.78. The number of nitrogens with one attached hydrogen (secondary N) is 1. The summed E-state index contributed by atoms with van der Waals surface area (Å²) in [5.74, 6) is 1.47. The van der Waals surface area contributed by atoms with Gasteiger partial charge in [0.15, 0.2) is 11.5 Å². The summed E-state index contributed by atoms with van der Waals surface area (Å²) in [7, 11) is 1.92. The smallest absolute Gasteiger partial charge is 0.251 e. The molecule has 1 spiro atoms. The number of hydrogen-bond donors (Lipinski definition) is 1. The Morgan fingerprint density at radius 3 is 2.67 bits per heavy atom. The molecule has 2 amide bonds. The van der Waals surface area contributed by atoms with Crippen LogP contribution < -0.4 is 14.8 Å². The molecule has 2 fully saturated rings. The molecule has 2 heterocycles. The zero-order valence-corrected chi connectivity index (χ0v) is 13.8. The average molecular weight is 330 g/mol. The van der Waals surface area contributed by atoms with Gasteiger partial charge in [-0.1, -0.05) is 0 Å². The fourth-order valence-electron chi connectivity index (χ4n) is 4.13. The van der Waals surface area contributed by atoms with Crippen molar-refractivity contribution in [3.63, 3.8) is 0 Å². The van der Waals surface area contributed by atoms with Crippen LogP contribution in [0.25, 0.3) is 0 Å². The van der Waals surface area contributed by atoms with E-state index in [1.54, 1.807) is 18.2 Å². The van der Waals surface area contributed by atoms with E-state index in [4.69, 9.17) is 9.47 Å². The summed E-state index contributed by atoms with van der Waals surface area (Å²) in [6, 6.07) is 5.42. The fraction of sp³-hybridized carbons (Fsp3) is 0.556. The minimum atomic E-state index is -0.0786.